The lowest BCUT2D eigenvalue weighted by molar-refractivity contribution is -0.125. The molecule has 1 saturated carbocycles. The van der Waals surface area contributed by atoms with Crippen LogP contribution in [0.4, 0.5) is 0 Å². The Morgan fingerprint density at radius 1 is 1.08 bits per heavy atom. The lowest BCUT2D eigenvalue weighted by Gasteiger charge is -2.26. The second-order valence-corrected chi connectivity index (χ2v) is 11.1. The predicted octanol–water partition coefficient (Wildman–Crippen LogP) is 4.01. The number of likely N-dealkylation sites (tertiary alicyclic amines) is 2. The van der Waals surface area contributed by atoms with E-state index >= 15 is 0 Å². The van der Waals surface area contributed by atoms with E-state index in [1.807, 2.05) is 36.9 Å². The minimum absolute atomic E-state index is 0.0302. The highest BCUT2D eigenvalue weighted by Crippen LogP contribution is 2.33. The molecule has 2 aromatic rings. The van der Waals surface area contributed by atoms with Crippen LogP contribution < -0.4 is 5.32 Å². The Labute approximate surface area is 219 Å². The van der Waals surface area contributed by atoms with Gasteiger partial charge in [-0.15, -0.1) is 0 Å². The highest BCUT2D eigenvalue weighted by Gasteiger charge is 2.42. The fourth-order valence-corrected chi connectivity index (χ4v) is 6.61. The summed E-state index contributed by atoms with van der Waals surface area (Å²) in [5, 5.41) is 12.5. The van der Waals surface area contributed by atoms with Gasteiger partial charge in [-0.3, -0.25) is 9.59 Å². The van der Waals surface area contributed by atoms with E-state index in [0.717, 1.165) is 70.4 Å². The summed E-state index contributed by atoms with van der Waals surface area (Å²) in [4.78, 5) is 35.0. The average molecular weight is 500 g/mol. The van der Waals surface area contributed by atoms with E-state index in [1.165, 1.54) is 5.56 Å². The average Bonchev–Trinajstić information content (AvgIpc) is 3.63. The monoisotopic (exact) mass is 499 g/mol. The Hall–Kier alpha value is -3.24. The molecule has 1 N–H and O–H groups in total. The summed E-state index contributed by atoms with van der Waals surface area (Å²) in [6.45, 7) is 8.12. The summed E-state index contributed by atoms with van der Waals surface area (Å²) in [5.74, 6) is 1.35. The van der Waals surface area contributed by atoms with Crippen molar-refractivity contribution in [3.8, 4) is 6.07 Å². The third-order valence-corrected chi connectivity index (χ3v) is 8.55. The van der Waals surface area contributed by atoms with Crippen LogP contribution in [0.2, 0.25) is 0 Å². The maximum Gasteiger partial charge on any atom is 0.255 e. The van der Waals surface area contributed by atoms with Crippen LogP contribution in [0.3, 0.4) is 0 Å². The number of rotatable bonds is 7. The van der Waals surface area contributed by atoms with Crippen molar-refractivity contribution in [3.05, 3.63) is 64.5 Å². The summed E-state index contributed by atoms with van der Waals surface area (Å²) >= 11 is 0. The first-order valence-corrected chi connectivity index (χ1v) is 13.7. The highest BCUT2D eigenvalue weighted by atomic mass is 16.2. The Kier molecular flexibility index (Phi) is 7.57. The van der Waals surface area contributed by atoms with Crippen LogP contribution >= 0.6 is 0 Å². The van der Waals surface area contributed by atoms with Gasteiger partial charge in [0.1, 0.15) is 11.8 Å². The zero-order valence-electron chi connectivity index (χ0n) is 21.9. The van der Waals surface area contributed by atoms with Crippen LogP contribution in [0.5, 0.6) is 0 Å². The van der Waals surface area contributed by atoms with Crippen LogP contribution in [-0.2, 0) is 4.79 Å². The maximum atomic E-state index is 13.3. The van der Waals surface area contributed by atoms with Gasteiger partial charge in [0, 0.05) is 38.6 Å². The van der Waals surface area contributed by atoms with Crippen molar-refractivity contribution in [3.63, 3.8) is 0 Å². The van der Waals surface area contributed by atoms with Crippen LogP contribution in [0.15, 0.2) is 36.4 Å². The Morgan fingerprint density at radius 2 is 1.76 bits per heavy atom. The van der Waals surface area contributed by atoms with E-state index in [2.05, 4.69) is 33.4 Å². The van der Waals surface area contributed by atoms with Crippen LogP contribution in [-0.4, -0.2) is 59.3 Å². The second kappa shape index (κ2) is 11.0. The number of amides is 2. The molecule has 2 amide bonds. The second-order valence-electron chi connectivity index (χ2n) is 11.1. The van der Waals surface area contributed by atoms with E-state index in [0.29, 0.717) is 28.8 Å². The number of pyridine rings is 1. The third-order valence-electron chi connectivity index (χ3n) is 8.55. The molecule has 7 nitrogen and oxygen atoms in total. The molecule has 37 heavy (non-hydrogen) atoms. The molecule has 2 unspecified atom stereocenters. The number of aryl methyl sites for hydroxylation is 2. The lowest BCUT2D eigenvalue weighted by Crippen LogP contribution is -2.37. The van der Waals surface area contributed by atoms with Gasteiger partial charge in [-0.2, -0.15) is 5.26 Å². The molecule has 2 saturated heterocycles. The zero-order chi connectivity index (χ0) is 25.9. The molecular formula is C30H37N5O2. The van der Waals surface area contributed by atoms with Crippen molar-refractivity contribution in [2.24, 2.45) is 17.8 Å². The fraction of sp³-hybridized carbons (Fsp3) is 0.533. The van der Waals surface area contributed by atoms with Crippen molar-refractivity contribution in [2.75, 3.05) is 32.7 Å². The number of hydrogen-bond acceptors (Lipinski definition) is 5. The van der Waals surface area contributed by atoms with E-state index in [9.17, 15) is 9.59 Å². The molecule has 1 aromatic heterocycles. The number of benzene rings is 1. The third kappa shape index (κ3) is 5.55. The maximum absolute atomic E-state index is 13.3. The minimum Gasteiger partial charge on any atom is -0.349 e. The van der Waals surface area contributed by atoms with Crippen molar-refractivity contribution in [1.29, 1.82) is 5.26 Å². The summed E-state index contributed by atoms with van der Waals surface area (Å²) in [5.41, 5.74) is 3.62. The van der Waals surface area contributed by atoms with Crippen LogP contribution in [0.1, 0.15) is 71.0 Å². The summed E-state index contributed by atoms with van der Waals surface area (Å²) in [6.07, 6.45) is 5.22. The lowest BCUT2D eigenvalue weighted by atomic mass is 10.0. The first-order chi connectivity index (χ1) is 17.9. The minimum atomic E-state index is 0.0302. The molecule has 1 aliphatic carbocycles. The molecule has 7 heteroatoms. The Bertz CT molecular complexity index is 1150. The standard InChI is InChI=1S/C30H37N5O2/c1-20-14-26(15-31)32-21(2)28(20)30(37)35-18-24-16-34(17-25(24)19-35)13-12-27(22-8-4-3-5-9-22)33-29(36)23-10-6-7-11-23/h3-5,8-9,14,23-25,27H,6-7,10-13,16-19H2,1-2H3,(H,33,36)/t24?,25?,27-/m0/s1. The summed E-state index contributed by atoms with van der Waals surface area (Å²) in [7, 11) is 0. The molecule has 3 fully saturated rings. The molecule has 0 bridgehead atoms. The molecule has 5 rings (SSSR count). The molecule has 0 spiro atoms. The quantitative estimate of drug-likeness (QED) is 0.622. The zero-order valence-corrected chi connectivity index (χ0v) is 21.9. The van der Waals surface area contributed by atoms with Crippen molar-refractivity contribution >= 4 is 11.8 Å². The van der Waals surface area contributed by atoms with Crippen LogP contribution in [0, 0.1) is 42.9 Å². The van der Waals surface area contributed by atoms with Crippen molar-refractivity contribution in [2.45, 2.75) is 52.0 Å². The molecular weight excluding hydrogens is 462 g/mol. The number of carbonyl (C=O) groups excluding carboxylic acids is 2. The highest BCUT2D eigenvalue weighted by molar-refractivity contribution is 5.97. The molecule has 3 heterocycles. The molecule has 1 aromatic carbocycles. The van der Waals surface area contributed by atoms with E-state index in [-0.39, 0.29) is 23.8 Å². The predicted molar refractivity (Wildman–Crippen MR) is 142 cm³/mol. The number of fused-ring (bicyclic) bond motifs is 1. The number of hydrogen-bond donors (Lipinski definition) is 1. The van der Waals surface area contributed by atoms with Gasteiger partial charge in [0.15, 0.2) is 0 Å². The van der Waals surface area contributed by atoms with Gasteiger partial charge in [0.05, 0.1) is 17.3 Å². The SMILES string of the molecule is Cc1cc(C#N)nc(C)c1C(=O)N1CC2CN(CC[C@H](NC(=O)C3CCCC3)c3ccccc3)CC2C1. The van der Waals surface area contributed by atoms with Crippen molar-refractivity contribution < 1.29 is 9.59 Å². The normalized spacial score (nSPS) is 22.6. The van der Waals surface area contributed by atoms with Gasteiger partial charge in [0.25, 0.3) is 5.91 Å². The summed E-state index contributed by atoms with van der Waals surface area (Å²) < 4.78 is 0. The Balaban J connectivity index is 1.17. The van der Waals surface area contributed by atoms with Gasteiger partial charge in [0.2, 0.25) is 5.91 Å². The van der Waals surface area contributed by atoms with E-state index in [4.69, 9.17) is 5.26 Å². The van der Waals surface area contributed by atoms with E-state index < -0.39 is 0 Å². The first kappa shape index (κ1) is 25.4. The molecule has 2 aliphatic heterocycles. The Morgan fingerprint density at radius 3 is 2.38 bits per heavy atom. The van der Waals surface area contributed by atoms with Gasteiger partial charge >= 0.3 is 0 Å². The first-order valence-electron chi connectivity index (χ1n) is 13.7. The van der Waals surface area contributed by atoms with E-state index in [1.54, 1.807) is 6.07 Å². The number of nitrogens with zero attached hydrogens (tertiary/aromatic N) is 4. The molecule has 0 radical (unpaired) electrons. The molecule has 3 atom stereocenters. The molecule has 3 aliphatic rings. The topological polar surface area (TPSA) is 89.3 Å². The fourth-order valence-electron chi connectivity index (χ4n) is 6.61. The van der Waals surface area contributed by atoms with Gasteiger partial charge in [-0.25, -0.2) is 4.98 Å². The smallest absolute Gasteiger partial charge is 0.255 e. The largest absolute Gasteiger partial charge is 0.349 e. The van der Waals surface area contributed by atoms with Crippen molar-refractivity contribution in [1.82, 2.24) is 20.1 Å². The number of carbonyl (C=O) groups is 2. The summed E-state index contributed by atoms with van der Waals surface area (Å²) in [6, 6.07) is 14.1. The number of nitriles is 1. The van der Waals surface area contributed by atoms with Gasteiger partial charge in [-0.1, -0.05) is 43.2 Å². The number of aromatic nitrogens is 1. The van der Waals surface area contributed by atoms with Gasteiger partial charge in [-0.05, 0) is 62.1 Å². The number of nitrogens with one attached hydrogen (secondary N) is 1. The van der Waals surface area contributed by atoms with Gasteiger partial charge < -0.3 is 15.1 Å². The van der Waals surface area contributed by atoms with Crippen LogP contribution in [0.25, 0.3) is 0 Å². The molecule has 194 valence electrons.